The fourth-order valence-corrected chi connectivity index (χ4v) is 2.85. The summed E-state index contributed by atoms with van der Waals surface area (Å²) in [6.07, 6.45) is 0. The normalized spacial score (nSPS) is 10.5. The van der Waals surface area contributed by atoms with E-state index in [1.54, 1.807) is 24.3 Å². The van der Waals surface area contributed by atoms with Crippen molar-refractivity contribution < 1.29 is 14.0 Å². The van der Waals surface area contributed by atoms with Crippen LogP contribution in [0.4, 0.5) is 10.1 Å². The average molecular weight is 372 g/mol. The molecule has 1 aromatic heterocycles. The van der Waals surface area contributed by atoms with Crippen LogP contribution >= 0.6 is 11.8 Å². The zero-order valence-electron chi connectivity index (χ0n) is 13.3. The molecule has 8 nitrogen and oxygen atoms in total. The quantitative estimate of drug-likeness (QED) is 0.636. The van der Waals surface area contributed by atoms with Crippen LogP contribution in [0, 0.1) is 5.82 Å². The molecule has 3 rings (SSSR count). The van der Waals surface area contributed by atoms with E-state index in [0.29, 0.717) is 16.5 Å². The summed E-state index contributed by atoms with van der Waals surface area (Å²) in [6.45, 7) is 0. The molecule has 0 fully saturated rings. The predicted molar refractivity (Wildman–Crippen MR) is 93.4 cm³/mol. The minimum atomic E-state index is -0.636. The van der Waals surface area contributed by atoms with Crippen LogP contribution in [0.3, 0.4) is 0 Å². The number of nitrogens with two attached hydrogens (primary N) is 1. The van der Waals surface area contributed by atoms with Gasteiger partial charge >= 0.3 is 0 Å². The van der Waals surface area contributed by atoms with Gasteiger partial charge in [0, 0.05) is 0 Å². The second-order valence-electron chi connectivity index (χ2n) is 5.10. The van der Waals surface area contributed by atoms with Crippen LogP contribution in [0.2, 0.25) is 0 Å². The number of halogens is 1. The summed E-state index contributed by atoms with van der Waals surface area (Å²) in [6, 6.07) is 12.2. The van der Waals surface area contributed by atoms with Crippen LogP contribution in [0.5, 0.6) is 0 Å². The van der Waals surface area contributed by atoms with E-state index < -0.39 is 11.7 Å². The molecule has 0 bridgehead atoms. The van der Waals surface area contributed by atoms with E-state index in [9.17, 15) is 14.0 Å². The van der Waals surface area contributed by atoms with E-state index in [-0.39, 0.29) is 17.2 Å². The van der Waals surface area contributed by atoms with Crippen molar-refractivity contribution in [1.29, 1.82) is 0 Å². The van der Waals surface area contributed by atoms with Gasteiger partial charge in [0.25, 0.3) is 5.91 Å². The van der Waals surface area contributed by atoms with E-state index in [0.717, 1.165) is 11.8 Å². The van der Waals surface area contributed by atoms with Crippen LogP contribution in [-0.2, 0) is 4.79 Å². The Bertz CT molecular complexity index is 961. The molecule has 0 unspecified atom stereocenters. The molecular formula is C16H13FN6O2S. The van der Waals surface area contributed by atoms with Gasteiger partial charge in [-0.25, -0.2) is 4.39 Å². The van der Waals surface area contributed by atoms with Gasteiger partial charge in [-0.1, -0.05) is 30.0 Å². The number of tetrazole rings is 1. The number of nitrogens with one attached hydrogen (secondary N) is 1. The third kappa shape index (κ3) is 4.03. The third-order valence-corrected chi connectivity index (χ3v) is 4.21. The summed E-state index contributed by atoms with van der Waals surface area (Å²) in [5, 5.41) is 14.1. The monoisotopic (exact) mass is 372 g/mol. The maximum Gasteiger partial charge on any atom is 0.250 e. The van der Waals surface area contributed by atoms with Gasteiger partial charge in [-0.3, -0.25) is 9.59 Å². The zero-order chi connectivity index (χ0) is 18.5. The second-order valence-corrected chi connectivity index (χ2v) is 6.04. The van der Waals surface area contributed by atoms with Crippen molar-refractivity contribution in [3.05, 3.63) is 59.9 Å². The number of nitrogens with zero attached hydrogens (tertiary/aromatic N) is 4. The van der Waals surface area contributed by atoms with Gasteiger partial charge in [0.15, 0.2) is 0 Å². The molecule has 0 radical (unpaired) electrons. The number of hydrogen-bond acceptors (Lipinski definition) is 6. The Morgan fingerprint density at radius 2 is 2.00 bits per heavy atom. The lowest BCUT2D eigenvalue weighted by Gasteiger charge is -2.08. The Morgan fingerprint density at radius 1 is 1.19 bits per heavy atom. The van der Waals surface area contributed by atoms with Crippen molar-refractivity contribution in [3.63, 3.8) is 0 Å². The SMILES string of the molecule is NC(=O)c1ccccc1NC(=O)CSc1nnnn1-c1cccc(F)c1. The van der Waals surface area contributed by atoms with Crippen molar-refractivity contribution >= 4 is 29.3 Å². The molecule has 3 N–H and O–H groups in total. The Kier molecular flexibility index (Phi) is 5.23. The number of carbonyl (C=O) groups is 2. The topological polar surface area (TPSA) is 116 Å². The molecule has 132 valence electrons. The zero-order valence-corrected chi connectivity index (χ0v) is 14.1. The number of rotatable bonds is 6. The van der Waals surface area contributed by atoms with Gasteiger partial charge in [-0.05, 0) is 40.8 Å². The molecule has 0 aliphatic rings. The number of para-hydroxylation sites is 1. The minimum Gasteiger partial charge on any atom is -0.366 e. The van der Waals surface area contributed by atoms with Crippen LogP contribution in [0.1, 0.15) is 10.4 Å². The highest BCUT2D eigenvalue weighted by Crippen LogP contribution is 2.20. The maximum absolute atomic E-state index is 13.4. The lowest BCUT2D eigenvalue weighted by Crippen LogP contribution is -2.19. The van der Waals surface area contributed by atoms with Crippen LogP contribution < -0.4 is 11.1 Å². The van der Waals surface area contributed by atoms with E-state index in [1.807, 2.05) is 0 Å². The van der Waals surface area contributed by atoms with E-state index in [1.165, 1.54) is 28.9 Å². The molecule has 10 heteroatoms. The number of hydrogen-bond donors (Lipinski definition) is 2. The first kappa shape index (κ1) is 17.5. The Hall–Kier alpha value is -3.27. The third-order valence-electron chi connectivity index (χ3n) is 3.29. The van der Waals surface area contributed by atoms with Crippen molar-refractivity contribution in [1.82, 2.24) is 20.2 Å². The summed E-state index contributed by atoms with van der Waals surface area (Å²) in [4.78, 5) is 23.5. The molecule has 2 amide bonds. The predicted octanol–water partition coefficient (Wildman–Crippen LogP) is 1.63. The molecule has 2 aromatic carbocycles. The highest BCUT2D eigenvalue weighted by molar-refractivity contribution is 7.99. The fourth-order valence-electron chi connectivity index (χ4n) is 2.16. The summed E-state index contributed by atoms with van der Waals surface area (Å²) < 4.78 is 14.7. The van der Waals surface area contributed by atoms with Gasteiger partial charge < -0.3 is 11.1 Å². The maximum atomic E-state index is 13.4. The number of thioether (sulfide) groups is 1. The van der Waals surface area contributed by atoms with E-state index in [2.05, 4.69) is 20.8 Å². The van der Waals surface area contributed by atoms with Crippen molar-refractivity contribution in [2.45, 2.75) is 5.16 Å². The minimum absolute atomic E-state index is 0.0111. The molecule has 26 heavy (non-hydrogen) atoms. The molecule has 0 saturated heterocycles. The largest absolute Gasteiger partial charge is 0.366 e. The Morgan fingerprint density at radius 3 is 2.77 bits per heavy atom. The summed E-state index contributed by atoms with van der Waals surface area (Å²) >= 11 is 1.07. The first-order chi connectivity index (χ1) is 12.5. The number of anilines is 1. The highest BCUT2D eigenvalue weighted by atomic mass is 32.2. The van der Waals surface area contributed by atoms with Crippen molar-refractivity contribution in [3.8, 4) is 5.69 Å². The van der Waals surface area contributed by atoms with Crippen molar-refractivity contribution in [2.75, 3.05) is 11.1 Å². The summed E-state index contributed by atoms with van der Waals surface area (Å²) in [7, 11) is 0. The Labute approximate surface area is 151 Å². The van der Waals surface area contributed by atoms with Crippen LogP contribution in [-0.4, -0.2) is 37.8 Å². The number of primary amides is 1. The average Bonchev–Trinajstić information content (AvgIpc) is 3.09. The van der Waals surface area contributed by atoms with E-state index >= 15 is 0 Å². The standard InChI is InChI=1S/C16H13FN6O2S/c17-10-4-3-5-11(8-10)23-16(20-21-22-23)26-9-14(24)19-13-7-2-1-6-12(13)15(18)25/h1-8H,9H2,(H2,18,25)(H,19,24). The van der Waals surface area contributed by atoms with E-state index in [4.69, 9.17) is 5.73 Å². The fraction of sp³-hybridized carbons (Fsp3) is 0.0625. The molecule has 0 aliphatic carbocycles. The lowest BCUT2D eigenvalue weighted by molar-refractivity contribution is -0.113. The van der Waals surface area contributed by atoms with Gasteiger partial charge in [0.2, 0.25) is 11.1 Å². The molecule has 0 atom stereocenters. The molecule has 1 heterocycles. The van der Waals surface area contributed by atoms with Gasteiger partial charge in [-0.2, -0.15) is 4.68 Å². The second kappa shape index (κ2) is 7.74. The van der Waals surface area contributed by atoms with Crippen LogP contribution in [0.25, 0.3) is 5.69 Å². The van der Waals surface area contributed by atoms with Gasteiger partial charge in [0.1, 0.15) is 5.82 Å². The first-order valence-electron chi connectivity index (χ1n) is 7.40. The first-order valence-corrected chi connectivity index (χ1v) is 8.39. The smallest absolute Gasteiger partial charge is 0.250 e. The van der Waals surface area contributed by atoms with Gasteiger partial charge in [-0.15, -0.1) is 5.10 Å². The molecule has 3 aromatic rings. The van der Waals surface area contributed by atoms with Gasteiger partial charge in [0.05, 0.1) is 22.7 Å². The summed E-state index contributed by atoms with van der Waals surface area (Å²) in [5.41, 5.74) is 6.27. The molecular weight excluding hydrogens is 359 g/mol. The molecule has 0 aliphatic heterocycles. The number of aromatic nitrogens is 4. The van der Waals surface area contributed by atoms with Crippen LogP contribution in [0.15, 0.2) is 53.7 Å². The highest BCUT2D eigenvalue weighted by Gasteiger charge is 2.14. The lowest BCUT2D eigenvalue weighted by atomic mass is 10.1. The Balaban J connectivity index is 1.68. The summed E-state index contributed by atoms with van der Waals surface area (Å²) in [5.74, 6) is -1.43. The molecule has 0 saturated carbocycles. The number of amides is 2. The number of benzene rings is 2. The number of carbonyl (C=O) groups excluding carboxylic acids is 2. The van der Waals surface area contributed by atoms with Crippen molar-refractivity contribution in [2.24, 2.45) is 5.73 Å². The molecule has 0 spiro atoms.